The molecule has 0 fully saturated rings. The molecule has 0 spiro atoms. The topological polar surface area (TPSA) is 0 Å². The third-order valence-corrected chi connectivity index (χ3v) is 2.93. The highest BCUT2D eigenvalue weighted by Crippen LogP contribution is 2.19. The minimum atomic E-state index is -4.12. The first-order valence-corrected chi connectivity index (χ1v) is 7.00. The normalized spacial score (nSPS) is 12.6. The SMILES string of the molecule is CCCCCc1ccc(/C=C/C=C/CC(F)(F)F)cc1. The van der Waals surface area contributed by atoms with Crippen molar-refractivity contribution in [2.24, 2.45) is 0 Å². The van der Waals surface area contributed by atoms with Gasteiger partial charge in [0.25, 0.3) is 0 Å². The number of hydrogen-bond acceptors (Lipinski definition) is 0. The average Bonchev–Trinajstić information content (AvgIpc) is 2.39. The number of alkyl halides is 3. The van der Waals surface area contributed by atoms with Crippen LogP contribution >= 0.6 is 0 Å². The van der Waals surface area contributed by atoms with Crippen molar-refractivity contribution in [2.45, 2.75) is 45.2 Å². The van der Waals surface area contributed by atoms with E-state index in [9.17, 15) is 13.2 Å². The van der Waals surface area contributed by atoms with Gasteiger partial charge >= 0.3 is 6.18 Å². The van der Waals surface area contributed by atoms with Gasteiger partial charge in [-0.1, -0.05) is 68.3 Å². The van der Waals surface area contributed by atoms with Crippen molar-refractivity contribution in [3.63, 3.8) is 0 Å². The molecular weight excluding hydrogens is 261 g/mol. The summed E-state index contributed by atoms with van der Waals surface area (Å²) in [7, 11) is 0. The van der Waals surface area contributed by atoms with E-state index < -0.39 is 12.6 Å². The van der Waals surface area contributed by atoms with Gasteiger partial charge in [-0.2, -0.15) is 13.2 Å². The smallest absolute Gasteiger partial charge is 0.171 e. The fourth-order valence-corrected chi connectivity index (χ4v) is 1.82. The summed E-state index contributed by atoms with van der Waals surface area (Å²) in [6.45, 7) is 2.18. The molecule has 1 rings (SSSR count). The Morgan fingerprint density at radius 1 is 1.00 bits per heavy atom. The maximum Gasteiger partial charge on any atom is 0.392 e. The Morgan fingerprint density at radius 2 is 1.70 bits per heavy atom. The van der Waals surface area contributed by atoms with Crippen LogP contribution in [-0.2, 0) is 6.42 Å². The molecule has 20 heavy (non-hydrogen) atoms. The first kappa shape index (κ1) is 16.5. The van der Waals surface area contributed by atoms with Gasteiger partial charge in [-0.3, -0.25) is 0 Å². The van der Waals surface area contributed by atoms with Gasteiger partial charge in [0.1, 0.15) is 0 Å². The minimum absolute atomic E-state index is 0.881. The highest BCUT2D eigenvalue weighted by atomic mass is 19.4. The maximum absolute atomic E-state index is 11.9. The van der Waals surface area contributed by atoms with Crippen molar-refractivity contribution in [3.8, 4) is 0 Å². The van der Waals surface area contributed by atoms with E-state index in [1.54, 1.807) is 6.08 Å². The number of halogens is 3. The average molecular weight is 282 g/mol. The minimum Gasteiger partial charge on any atom is -0.171 e. The molecule has 0 atom stereocenters. The highest BCUT2D eigenvalue weighted by molar-refractivity contribution is 5.51. The second-order valence-corrected chi connectivity index (χ2v) is 4.81. The Labute approximate surface area is 119 Å². The first-order valence-electron chi connectivity index (χ1n) is 7.00. The monoisotopic (exact) mass is 282 g/mol. The lowest BCUT2D eigenvalue weighted by Gasteiger charge is -2.01. The zero-order valence-electron chi connectivity index (χ0n) is 11.8. The van der Waals surface area contributed by atoms with Crippen molar-refractivity contribution in [3.05, 3.63) is 53.6 Å². The third kappa shape index (κ3) is 7.82. The third-order valence-electron chi connectivity index (χ3n) is 2.93. The number of benzene rings is 1. The molecule has 0 nitrogen and oxygen atoms in total. The molecule has 0 aliphatic heterocycles. The van der Waals surface area contributed by atoms with E-state index in [2.05, 4.69) is 19.1 Å². The lowest BCUT2D eigenvalue weighted by Crippen LogP contribution is -2.03. The van der Waals surface area contributed by atoms with E-state index in [4.69, 9.17) is 0 Å². The van der Waals surface area contributed by atoms with Crippen molar-refractivity contribution in [1.29, 1.82) is 0 Å². The number of hydrogen-bond donors (Lipinski definition) is 0. The predicted octanol–water partition coefficient (Wildman–Crippen LogP) is 5.94. The van der Waals surface area contributed by atoms with Gasteiger partial charge in [-0.25, -0.2) is 0 Å². The molecule has 3 heteroatoms. The van der Waals surface area contributed by atoms with Gasteiger partial charge in [-0.05, 0) is 24.0 Å². The van der Waals surface area contributed by atoms with Crippen molar-refractivity contribution in [1.82, 2.24) is 0 Å². The fourth-order valence-electron chi connectivity index (χ4n) is 1.82. The summed E-state index contributed by atoms with van der Waals surface area (Å²) in [5.41, 5.74) is 2.31. The van der Waals surface area contributed by atoms with E-state index in [1.165, 1.54) is 30.9 Å². The second kappa shape index (κ2) is 8.62. The predicted molar refractivity (Wildman–Crippen MR) is 78.5 cm³/mol. The van der Waals surface area contributed by atoms with Crippen LogP contribution < -0.4 is 0 Å². The van der Waals surface area contributed by atoms with E-state index in [0.29, 0.717) is 0 Å². The van der Waals surface area contributed by atoms with E-state index >= 15 is 0 Å². The van der Waals surface area contributed by atoms with Gasteiger partial charge in [0.05, 0.1) is 6.42 Å². The van der Waals surface area contributed by atoms with Crippen LogP contribution in [0, 0.1) is 0 Å². The molecular formula is C17H21F3. The van der Waals surface area contributed by atoms with Gasteiger partial charge in [0.2, 0.25) is 0 Å². The Bertz CT molecular complexity index is 425. The lowest BCUT2D eigenvalue weighted by atomic mass is 10.1. The van der Waals surface area contributed by atoms with Crippen LogP contribution in [0.3, 0.4) is 0 Å². The standard InChI is InChI=1S/C17H21F3/c1-2-3-5-8-15-10-12-16(13-11-15)9-6-4-7-14-17(18,19)20/h4,6-7,9-13H,2-3,5,8,14H2,1H3/b7-4+,9-6+. The summed E-state index contributed by atoms with van der Waals surface area (Å²) in [6.07, 6.45) is 5.74. The lowest BCUT2D eigenvalue weighted by molar-refractivity contribution is -0.125. The zero-order valence-corrected chi connectivity index (χ0v) is 11.8. The van der Waals surface area contributed by atoms with E-state index in [-0.39, 0.29) is 0 Å². The summed E-state index contributed by atoms with van der Waals surface area (Å²) >= 11 is 0. The van der Waals surface area contributed by atoms with Gasteiger partial charge < -0.3 is 0 Å². The van der Waals surface area contributed by atoms with Crippen molar-refractivity contribution in [2.75, 3.05) is 0 Å². The maximum atomic E-state index is 11.9. The molecule has 0 aliphatic rings. The molecule has 0 amide bonds. The molecule has 1 aromatic rings. The van der Waals surface area contributed by atoms with E-state index in [1.807, 2.05) is 18.2 Å². The largest absolute Gasteiger partial charge is 0.392 e. The van der Waals surface area contributed by atoms with Crippen LogP contribution in [0.15, 0.2) is 42.5 Å². The zero-order chi connectivity index (χ0) is 14.8. The number of aryl methyl sites for hydroxylation is 1. The summed E-state index contributed by atoms with van der Waals surface area (Å²) in [6, 6.07) is 8.15. The van der Waals surface area contributed by atoms with Crippen LogP contribution in [0.2, 0.25) is 0 Å². The molecule has 0 bridgehead atoms. The number of rotatable bonds is 7. The van der Waals surface area contributed by atoms with Gasteiger partial charge in [0.15, 0.2) is 0 Å². The summed E-state index contributed by atoms with van der Waals surface area (Å²) in [4.78, 5) is 0. The van der Waals surface area contributed by atoms with Crippen LogP contribution in [0.5, 0.6) is 0 Å². The Hall–Kier alpha value is -1.51. The first-order chi connectivity index (χ1) is 9.51. The molecule has 0 aromatic heterocycles. The molecule has 110 valence electrons. The molecule has 0 aliphatic carbocycles. The molecule has 0 heterocycles. The molecule has 1 aromatic carbocycles. The Morgan fingerprint density at radius 3 is 2.30 bits per heavy atom. The van der Waals surface area contributed by atoms with Crippen LogP contribution in [0.4, 0.5) is 13.2 Å². The van der Waals surface area contributed by atoms with Crippen molar-refractivity contribution < 1.29 is 13.2 Å². The van der Waals surface area contributed by atoms with Gasteiger partial charge in [0, 0.05) is 0 Å². The number of unbranched alkanes of at least 4 members (excludes halogenated alkanes) is 2. The fraction of sp³-hybridized carbons (Fsp3) is 0.412. The Kier molecular flexibility index (Phi) is 7.13. The summed E-state index contributed by atoms with van der Waals surface area (Å²) in [5.74, 6) is 0. The molecule has 0 saturated carbocycles. The van der Waals surface area contributed by atoms with Crippen LogP contribution in [0.25, 0.3) is 6.08 Å². The molecule has 0 saturated heterocycles. The van der Waals surface area contributed by atoms with Crippen LogP contribution in [-0.4, -0.2) is 6.18 Å². The second-order valence-electron chi connectivity index (χ2n) is 4.81. The quantitative estimate of drug-likeness (QED) is 0.429. The molecule has 0 radical (unpaired) electrons. The summed E-state index contributed by atoms with van der Waals surface area (Å²) in [5, 5.41) is 0. The van der Waals surface area contributed by atoms with Crippen LogP contribution in [0.1, 0.15) is 43.7 Å². The molecule has 0 N–H and O–H groups in total. The van der Waals surface area contributed by atoms with Crippen molar-refractivity contribution >= 4 is 6.08 Å². The molecule has 0 unspecified atom stereocenters. The highest BCUT2D eigenvalue weighted by Gasteiger charge is 2.24. The van der Waals surface area contributed by atoms with E-state index in [0.717, 1.165) is 18.1 Å². The Balaban J connectivity index is 2.41. The number of allylic oxidation sites excluding steroid dienone is 3. The summed E-state index contributed by atoms with van der Waals surface area (Å²) < 4.78 is 35.7. The van der Waals surface area contributed by atoms with Gasteiger partial charge in [-0.15, -0.1) is 0 Å².